The molecule has 5 heteroatoms. The molecule has 0 aromatic heterocycles. The van der Waals surface area contributed by atoms with E-state index in [1.807, 2.05) is 0 Å². The molecule has 0 fully saturated rings. The first-order chi connectivity index (χ1) is 9.09. The van der Waals surface area contributed by atoms with Crippen molar-refractivity contribution in [3.8, 4) is 0 Å². The second kappa shape index (κ2) is 5.71. The van der Waals surface area contributed by atoms with Crippen LogP contribution in [0.1, 0.15) is 15.9 Å². The molecule has 0 atom stereocenters. The summed E-state index contributed by atoms with van der Waals surface area (Å²) in [4.78, 5) is 11.3. The lowest BCUT2D eigenvalue weighted by Gasteiger charge is -2.11. The molecule has 3 nitrogen and oxygen atoms in total. The molecule has 0 saturated heterocycles. The summed E-state index contributed by atoms with van der Waals surface area (Å²) >= 11 is 5.90. The monoisotopic (exact) mass is 278 g/mol. The highest BCUT2D eigenvalue weighted by molar-refractivity contribution is 6.33. The third-order valence-corrected chi connectivity index (χ3v) is 3.02. The van der Waals surface area contributed by atoms with Gasteiger partial charge in [-0.25, -0.2) is 4.39 Å². The molecule has 0 aliphatic rings. The van der Waals surface area contributed by atoms with E-state index in [0.29, 0.717) is 11.1 Å². The first-order valence-corrected chi connectivity index (χ1v) is 6.03. The summed E-state index contributed by atoms with van der Waals surface area (Å²) in [5.74, 6) is -0.957. The number of primary amides is 1. The van der Waals surface area contributed by atoms with Gasteiger partial charge < -0.3 is 11.1 Å². The summed E-state index contributed by atoms with van der Waals surface area (Å²) in [5.41, 5.74) is 6.58. The fraction of sp³-hybridized carbons (Fsp3) is 0.0714. The first-order valence-electron chi connectivity index (χ1n) is 5.65. The number of carbonyl (C=O) groups is 1. The van der Waals surface area contributed by atoms with E-state index in [4.69, 9.17) is 17.3 Å². The quantitative estimate of drug-likeness (QED) is 0.902. The minimum Gasteiger partial charge on any atom is -0.377 e. The summed E-state index contributed by atoms with van der Waals surface area (Å²) in [6.45, 7) is 0.264. The molecular weight excluding hydrogens is 267 g/mol. The van der Waals surface area contributed by atoms with Crippen LogP contribution in [-0.2, 0) is 6.54 Å². The Morgan fingerprint density at radius 1 is 1.21 bits per heavy atom. The Morgan fingerprint density at radius 3 is 2.63 bits per heavy atom. The van der Waals surface area contributed by atoms with Gasteiger partial charge in [0.05, 0.1) is 10.7 Å². The maximum Gasteiger partial charge on any atom is 0.249 e. The van der Waals surface area contributed by atoms with Crippen LogP contribution in [0, 0.1) is 5.82 Å². The van der Waals surface area contributed by atoms with Crippen molar-refractivity contribution in [3.63, 3.8) is 0 Å². The second-order valence-electron chi connectivity index (χ2n) is 3.97. The molecule has 0 unspecified atom stereocenters. The molecule has 0 spiro atoms. The van der Waals surface area contributed by atoms with Gasteiger partial charge in [-0.05, 0) is 23.8 Å². The summed E-state index contributed by atoms with van der Waals surface area (Å²) in [7, 11) is 0. The zero-order chi connectivity index (χ0) is 13.8. The molecule has 19 heavy (non-hydrogen) atoms. The maximum absolute atomic E-state index is 13.6. The van der Waals surface area contributed by atoms with E-state index in [1.54, 1.807) is 30.3 Å². The number of para-hydroxylation sites is 1. The molecule has 1 amide bonds. The molecular formula is C14H12ClFN2O. The van der Waals surface area contributed by atoms with Crippen LogP contribution in [0.2, 0.25) is 5.02 Å². The molecule has 0 aliphatic heterocycles. The topological polar surface area (TPSA) is 55.1 Å². The number of hydrogen-bond donors (Lipinski definition) is 2. The van der Waals surface area contributed by atoms with Gasteiger partial charge in [0.25, 0.3) is 0 Å². The molecule has 2 aromatic rings. The second-order valence-corrected chi connectivity index (χ2v) is 4.38. The Kier molecular flexibility index (Phi) is 4.02. The molecule has 0 bridgehead atoms. The first kappa shape index (κ1) is 13.4. The predicted octanol–water partition coefficient (Wildman–Crippen LogP) is 3.19. The fourth-order valence-electron chi connectivity index (χ4n) is 1.77. The van der Waals surface area contributed by atoms with Crippen molar-refractivity contribution in [1.82, 2.24) is 0 Å². The summed E-state index contributed by atoms with van der Waals surface area (Å²) in [6, 6.07) is 11.3. The smallest absolute Gasteiger partial charge is 0.249 e. The third kappa shape index (κ3) is 3.03. The van der Waals surface area contributed by atoms with E-state index in [9.17, 15) is 9.18 Å². The zero-order valence-electron chi connectivity index (χ0n) is 9.99. The zero-order valence-corrected chi connectivity index (χ0v) is 10.7. The molecule has 0 heterocycles. The van der Waals surface area contributed by atoms with Crippen LogP contribution < -0.4 is 11.1 Å². The van der Waals surface area contributed by atoms with Gasteiger partial charge in [-0.2, -0.15) is 0 Å². The summed E-state index contributed by atoms with van der Waals surface area (Å²) in [5, 5.41) is 3.17. The number of carbonyl (C=O) groups excluding carboxylic acids is 1. The number of nitrogens with one attached hydrogen (secondary N) is 1. The Balaban J connectivity index is 2.22. The highest BCUT2D eigenvalue weighted by Gasteiger charge is 2.09. The van der Waals surface area contributed by atoms with Crippen molar-refractivity contribution in [2.45, 2.75) is 6.54 Å². The standard InChI is InChI=1S/C14H12ClFN2O/c15-11-6-3-7-12(16)13(11)18-8-9-4-1-2-5-10(9)14(17)19/h1-7,18H,8H2,(H2,17,19). The van der Waals surface area contributed by atoms with Gasteiger partial charge in [0, 0.05) is 12.1 Å². The summed E-state index contributed by atoms with van der Waals surface area (Å²) in [6.07, 6.45) is 0. The number of hydrogen-bond acceptors (Lipinski definition) is 2. The minimum absolute atomic E-state index is 0.212. The average molecular weight is 279 g/mol. The van der Waals surface area contributed by atoms with Crippen molar-refractivity contribution in [2.24, 2.45) is 5.73 Å². The normalized spacial score (nSPS) is 10.2. The van der Waals surface area contributed by atoms with Crippen molar-refractivity contribution < 1.29 is 9.18 Å². The molecule has 0 radical (unpaired) electrons. The van der Waals surface area contributed by atoms with Gasteiger partial charge >= 0.3 is 0 Å². The maximum atomic E-state index is 13.6. The van der Waals surface area contributed by atoms with E-state index in [1.165, 1.54) is 12.1 Å². The van der Waals surface area contributed by atoms with Crippen molar-refractivity contribution >= 4 is 23.2 Å². The Bertz CT molecular complexity index is 596. The van der Waals surface area contributed by atoms with E-state index >= 15 is 0 Å². The number of halogens is 2. The number of nitrogens with two attached hydrogens (primary N) is 1. The highest BCUT2D eigenvalue weighted by Crippen LogP contribution is 2.25. The van der Waals surface area contributed by atoms with Gasteiger partial charge in [0.15, 0.2) is 0 Å². The van der Waals surface area contributed by atoms with Crippen LogP contribution in [0.5, 0.6) is 0 Å². The molecule has 2 rings (SSSR count). The lowest BCUT2D eigenvalue weighted by Crippen LogP contribution is -2.15. The van der Waals surface area contributed by atoms with Gasteiger partial charge in [-0.15, -0.1) is 0 Å². The van der Waals surface area contributed by atoms with Gasteiger partial charge in [0.1, 0.15) is 5.82 Å². The van der Waals surface area contributed by atoms with Crippen LogP contribution in [-0.4, -0.2) is 5.91 Å². The van der Waals surface area contributed by atoms with Crippen LogP contribution >= 0.6 is 11.6 Å². The molecule has 98 valence electrons. The number of benzene rings is 2. The van der Waals surface area contributed by atoms with Crippen molar-refractivity contribution in [2.75, 3.05) is 5.32 Å². The van der Waals surface area contributed by atoms with Gasteiger partial charge in [0.2, 0.25) is 5.91 Å². The van der Waals surface area contributed by atoms with Crippen LogP contribution in [0.4, 0.5) is 10.1 Å². The lowest BCUT2D eigenvalue weighted by molar-refractivity contribution is 0.0999. The minimum atomic E-state index is -0.517. The number of rotatable bonds is 4. The Morgan fingerprint density at radius 2 is 1.95 bits per heavy atom. The van der Waals surface area contributed by atoms with E-state index < -0.39 is 11.7 Å². The predicted molar refractivity (Wildman–Crippen MR) is 73.7 cm³/mol. The highest BCUT2D eigenvalue weighted by atomic mass is 35.5. The number of amides is 1. The van der Waals surface area contributed by atoms with E-state index in [2.05, 4.69) is 5.32 Å². The van der Waals surface area contributed by atoms with Crippen molar-refractivity contribution in [1.29, 1.82) is 0 Å². The average Bonchev–Trinajstić information content (AvgIpc) is 2.38. The van der Waals surface area contributed by atoms with E-state index in [0.717, 1.165) is 0 Å². The van der Waals surface area contributed by atoms with Crippen LogP contribution in [0.15, 0.2) is 42.5 Å². The summed E-state index contributed by atoms with van der Waals surface area (Å²) < 4.78 is 13.6. The third-order valence-electron chi connectivity index (χ3n) is 2.70. The van der Waals surface area contributed by atoms with Gasteiger partial charge in [-0.1, -0.05) is 35.9 Å². The van der Waals surface area contributed by atoms with Gasteiger partial charge in [-0.3, -0.25) is 4.79 Å². The lowest BCUT2D eigenvalue weighted by atomic mass is 10.1. The van der Waals surface area contributed by atoms with Crippen LogP contribution in [0.3, 0.4) is 0 Å². The Hall–Kier alpha value is -2.07. The molecule has 0 saturated carbocycles. The van der Waals surface area contributed by atoms with Crippen molar-refractivity contribution in [3.05, 3.63) is 64.4 Å². The van der Waals surface area contributed by atoms with E-state index in [-0.39, 0.29) is 17.3 Å². The molecule has 3 N–H and O–H groups in total. The number of anilines is 1. The SMILES string of the molecule is NC(=O)c1ccccc1CNc1c(F)cccc1Cl. The van der Waals surface area contributed by atoms with Crippen LogP contribution in [0.25, 0.3) is 0 Å². The largest absolute Gasteiger partial charge is 0.377 e. The molecule has 0 aliphatic carbocycles. The molecule has 2 aromatic carbocycles. The Labute approximate surface area is 115 Å². The fourth-order valence-corrected chi connectivity index (χ4v) is 1.99.